The number of methoxy groups -OCH3 is 1. The van der Waals surface area contributed by atoms with E-state index in [-0.39, 0.29) is 4.90 Å². The van der Waals surface area contributed by atoms with E-state index >= 15 is 0 Å². The van der Waals surface area contributed by atoms with Crippen molar-refractivity contribution in [3.8, 4) is 5.75 Å². The molecule has 2 aromatic rings. The van der Waals surface area contributed by atoms with Crippen molar-refractivity contribution in [3.05, 3.63) is 36.5 Å². The SMILES string of the molecule is COc1ccc2c(c1)Nc1ncccc1S(=O)(=O)N2C. The molecule has 0 bridgehead atoms. The molecule has 1 aliphatic heterocycles. The third-order valence-electron chi connectivity index (χ3n) is 3.21. The van der Waals surface area contributed by atoms with E-state index in [4.69, 9.17) is 4.74 Å². The van der Waals surface area contributed by atoms with Crippen LogP contribution in [0.4, 0.5) is 17.2 Å². The maximum atomic E-state index is 12.6. The molecule has 6 nitrogen and oxygen atoms in total. The normalized spacial score (nSPS) is 15.6. The number of ether oxygens (including phenoxy) is 1. The molecule has 0 saturated heterocycles. The minimum Gasteiger partial charge on any atom is -0.497 e. The van der Waals surface area contributed by atoms with Crippen molar-refractivity contribution in [1.29, 1.82) is 0 Å². The van der Waals surface area contributed by atoms with E-state index in [1.54, 1.807) is 37.6 Å². The quantitative estimate of drug-likeness (QED) is 0.869. The van der Waals surface area contributed by atoms with Gasteiger partial charge in [-0.05, 0) is 24.3 Å². The Morgan fingerprint density at radius 3 is 2.85 bits per heavy atom. The highest BCUT2D eigenvalue weighted by atomic mass is 32.2. The minimum atomic E-state index is -3.62. The largest absolute Gasteiger partial charge is 0.497 e. The number of aromatic nitrogens is 1. The lowest BCUT2D eigenvalue weighted by Crippen LogP contribution is -2.25. The van der Waals surface area contributed by atoms with E-state index in [0.29, 0.717) is 22.9 Å². The molecule has 0 saturated carbocycles. The van der Waals surface area contributed by atoms with Gasteiger partial charge in [-0.2, -0.15) is 0 Å². The Morgan fingerprint density at radius 1 is 1.30 bits per heavy atom. The first-order valence-corrected chi connectivity index (χ1v) is 7.37. The van der Waals surface area contributed by atoms with Gasteiger partial charge < -0.3 is 10.1 Å². The fourth-order valence-electron chi connectivity index (χ4n) is 2.11. The van der Waals surface area contributed by atoms with Gasteiger partial charge in [0.15, 0.2) is 5.82 Å². The van der Waals surface area contributed by atoms with Gasteiger partial charge >= 0.3 is 0 Å². The van der Waals surface area contributed by atoms with Gasteiger partial charge in [0, 0.05) is 19.3 Å². The lowest BCUT2D eigenvalue weighted by Gasteiger charge is -2.18. The van der Waals surface area contributed by atoms with Crippen molar-refractivity contribution in [2.45, 2.75) is 4.90 Å². The van der Waals surface area contributed by atoms with Crippen LogP contribution >= 0.6 is 0 Å². The molecule has 2 heterocycles. The summed E-state index contributed by atoms with van der Waals surface area (Å²) in [5.41, 5.74) is 1.18. The molecule has 0 amide bonds. The van der Waals surface area contributed by atoms with Crippen LogP contribution < -0.4 is 14.4 Å². The fraction of sp³-hybridized carbons (Fsp3) is 0.154. The predicted molar refractivity (Wildman–Crippen MR) is 76.1 cm³/mol. The molecule has 0 radical (unpaired) electrons. The zero-order valence-corrected chi connectivity index (χ0v) is 11.8. The van der Waals surface area contributed by atoms with Gasteiger partial charge in [-0.15, -0.1) is 0 Å². The Hall–Kier alpha value is -2.28. The highest BCUT2D eigenvalue weighted by molar-refractivity contribution is 7.93. The van der Waals surface area contributed by atoms with Crippen LogP contribution in [0.3, 0.4) is 0 Å². The first-order valence-electron chi connectivity index (χ1n) is 5.93. The minimum absolute atomic E-state index is 0.151. The van der Waals surface area contributed by atoms with Crippen LogP contribution in [0, 0.1) is 0 Å². The summed E-state index contributed by atoms with van der Waals surface area (Å²) >= 11 is 0. The number of benzene rings is 1. The van der Waals surface area contributed by atoms with Gasteiger partial charge in [0.05, 0.1) is 18.5 Å². The molecule has 1 N–H and O–H groups in total. The Morgan fingerprint density at radius 2 is 2.10 bits per heavy atom. The number of pyridine rings is 1. The topological polar surface area (TPSA) is 71.5 Å². The molecular weight excluding hydrogens is 278 g/mol. The van der Waals surface area contributed by atoms with Gasteiger partial charge in [-0.3, -0.25) is 4.31 Å². The van der Waals surface area contributed by atoms with Crippen LogP contribution in [-0.4, -0.2) is 27.6 Å². The monoisotopic (exact) mass is 291 g/mol. The van der Waals surface area contributed by atoms with Gasteiger partial charge in [0.2, 0.25) is 0 Å². The van der Waals surface area contributed by atoms with E-state index in [0.717, 1.165) is 0 Å². The summed E-state index contributed by atoms with van der Waals surface area (Å²) in [7, 11) is -0.544. The number of anilines is 3. The average Bonchev–Trinajstić information content (AvgIpc) is 2.54. The molecule has 1 aromatic carbocycles. The summed E-state index contributed by atoms with van der Waals surface area (Å²) in [6, 6.07) is 8.29. The van der Waals surface area contributed by atoms with Crippen LogP contribution in [0.25, 0.3) is 0 Å². The van der Waals surface area contributed by atoms with Crippen molar-refractivity contribution in [3.63, 3.8) is 0 Å². The van der Waals surface area contributed by atoms with Crippen LogP contribution in [0.5, 0.6) is 5.75 Å². The maximum absolute atomic E-state index is 12.6. The van der Waals surface area contributed by atoms with Crippen LogP contribution in [0.1, 0.15) is 0 Å². The Labute approximate surface area is 117 Å². The average molecular weight is 291 g/mol. The highest BCUT2D eigenvalue weighted by Crippen LogP contribution is 2.39. The second-order valence-corrected chi connectivity index (χ2v) is 6.27. The van der Waals surface area contributed by atoms with Crippen molar-refractivity contribution < 1.29 is 13.2 Å². The van der Waals surface area contributed by atoms with Gasteiger partial charge in [-0.1, -0.05) is 0 Å². The van der Waals surface area contributed by atoms with E-state index in [1.807, 2.05) is 0 Å². The molecule has 20 heavy (non-hydrogen) atoms. The Kier molecular flexibility index (Phi) is 2.79. The molecule has 0 unspecified atom stereocenters. The summed E-state index contributed by atoms with van der Waals surface area (Å²) in [5, 5.41) is 3.05. The van der Waals surface area contributed by atoms with E-state index in [1.165, 1.54) is 17.4 Å². The maximum Gasteiger partial charge on any atom is 0.267 e. The van der Waals surface area contributed by atoms with E-state index in [2.05, 4.69) is 10.3 Å². The number of hydrogen-bond donors (Lipinski definition) is 1. The summed E-state index contributed by atoms with van der Waals surface area (Å²) < 4.78 is 31.5. The lowest BCUT2D eigenvalue weighted by molar-refractivity contribution is 0.415. The van der Waals surface area contributed by atoms with Crippen molar-refractivity contribution in [1.82, 2.24) is 4.98 Å². The van der Waals surface area contributed by atoms with Gasteiger partial charge in [0.25, 0.3) is 10.0 Å². The fourth-order valence-corrected chi connectivity index (χ4v) is 3.43. The van der Waals surface area contributed by atoms with Crippen LogP contribution in [0.15, 0.2) is 41.4 Å². The third-order valence-corrected chi connectivity index (χ3v) is 5.01. The zero-order valence-electron chi connectivity index (χ0n) is 11.0. The van der Waals surface area contributed by atoms with Crippen molar-refractivity contribution >= 4 is 27.2 Å². The standard InChI is InChI=1S/C13H13N3O3S/c1-16-11-6-5-9(19-2)8-10(11)15-13-12(20(16,17)18)4-3-7-14-13/h3-8H,1-2H3,(H,14,15). The van der Waals surface area contributed by atoms with Crippen molar-refractivity contribution in [2.24, 2.45) is 0 Å². The lowest BCUT2D eigenvalue weighted by atomic mass is 10.2. The summed E-state index contributed by atoms with van der Waals surface area (Å²) in [4.78, 5) is 4.26. The smallest absolute Gasteiger partial charge is 0.267 e. The molecule has 0 fully saturated rings. The third kappa shape index (κ3) is 1.78. The zero-order chi connectivity index (χ0) is 14.3. The van der Waals surface area contributed by atoms with Crippen LogP contribution in [-0.2, 0) is 10.0 Å². The first-order chi connectivity index (χ1) is 9.54. The number of fused-ring (bicyclic) bond motifs is 2. The summed E-state index contributed by atoms with van der Waals surface area (Å²) in [6.07, 6.45) is 1.55. The van der Waals surface area contributed by atoms with Crippen LogP contribution in [0.2, 0.25) is 0 Å². The second kappa shape index (κ2) is 4.38. The molecule has 0 aliphatic carbocycles. The predicted octanol–water partition coefficient (Wildman–Crippen LogP) is 1.97. The molecule has 1 aliphatic rings. The molecule has 3 rings (SSSR count). The van der Waals surface area contributed by atoms with Gasteiger partial charge in [0.1, 0.15) is 10.6 Å². The summed E-state index contributed by atoms with van der Waals surface area (Å²) in [5.74, 6) is 0.952. The second-order valence-electron chi connectivity index (χ2n) is 4.33. The Balaban J connectivity index is 2.29. The molecule has 7 heteroatoms. The highest BCUT2D eigenvalue weighted by Gasteiger charge is 2.30. The number of nitrogens with one attached hydrogen (secondary N) is 1. The number of hydrogen-bond acceptors (Lipinski definition) is 5. The molecule has 104 valence electrons. The number of sulfonamides is 1. The first kappa shape index (κ1) is 12.7. The van der Waals surface area contributed by atoms with Crippen molar-refractivity contribution in [2.75, 3.05) is 23.8 Å². The van der Waals surface area contributed by atoms with E-state index < -0.39 is 10.0 Å². The molecular formula is C13H13N3O3S. The Bertz CT molecular complexity index is 774. The van der Waals surface area contributed by atoms with Gasteiger partial charge in [-0.25, -0.2) is 13.4 Å². The number of rotatable bonds is 1. The summed E-state index contributed by atoms with van der Waals surface area (Å²) in [6.45, 7) is 0. The molecule has 1 aromatic heterocycles. The molecule has 0 spiro atoms. The molecule has 0 atom stereocenters. The number of nitrogens with zero attached hydrogens (tertiary/aromatic N) is 2. The van der Waals surface area contributed by atoms with E-state index in [9.17, 15) is 8.42 Å².